The molecule has 3 N–H and O–H groups in total. The Kier molecular flexibility index (Phi) is 5.48. The Hall–Kier alpha value is -3.23. The average molecular weight is 349 g/mol. The highest BCUT2D eigenvalue weighted by atomic mass is 16.6. The van der Waals surface area contributed by atoms with Crippen molar-refractivity contribution in [3.05, 3.63) is 29.5 Å². The second-order valence-electron chi connectivity index (χ2n) is 5.15. The van der Waals surface area contributed by atoms with Crippen LogP contribution in [0.15, 0.2) is 22.7 Å². The highest BCUT2D eigenvalue weighted by Gasteiger charge is 2.25. The zero-order valence-corrected chi connectivity index (χ0v) is 14.3. The van der Waals surface area contributed by atoms with Crippen LogP contribution in [-0.4, -0.2) is 37.4 Å². The van der Waals surface area contributed by atoms with Crippen LogP contribution in [0.3, 0.4) is 0 Å². The van der Waals surface area contributed by atoms with Crippen LogP contribution in [0.25, 0.3) is 0 Å². The highest BCUT2D eigenvalue weighted by Crippen LogP contribution is 2.26. The van der Waals surface area contributed by atoms with Gasteiger partial charge in [0.1, 0.15) is 17.1 Å². The maximum absolute atomic E-state index is 12.2. The number of hydrogen-bond donors (Lipinski definition) is 2. The summed E-state index contributed by atoms with van der Waals surface area (Å²) < 4.78 is 20.1. The van der Waals surface area contributed by atoms with Gasteiger partial charge in [0.05, 0.1) is 19.9 Å². The highest BCUT2D eigenvalue weighted by molar-refractivity contribution is 5.99. The van der Waals surface area contributed by atoms with Crippen molar-refractivity contribution in [2.75, 3.05) is 25.3 Å². The van der Waals surface area contributed by atoms with Crippen molar-refractivity contribution >= 4 is 23.4 Å². The summed E-state index contributed by atoms with van der Waals surface area (Å²) in [6, 6.07) is 4.88. The molecule has 9 heteroatoms. The number of anilines is 2. The maximum Gasteiger partial charge on any atom is 0.346 e. The second kappa shape index (κ2) is 7.56. The number of rotatable bonds is 6. The molecule has 134 valence electrons. The number of carbonyl (C=O) groups excluding carboxylic acids is 2. The fourth-order valence-electron chi connectivity index (χ4n) is 2.03. The van der Waals surface area contributed by atoms with Gasteiger partial charge in [0.25, 0.3) is 5.91 Å². The Morgan fingerprint density at radius 3 is 2.28 bits per heavy atom. The molecule has 0 bridgehead atoms. The predicted octanol–water partition coefficient (Wildman–Crippen LogP) is 1.77. The van der Waals surface area contributed by atoms with Crippen LogP contribution in [-0.2, 0) is 9.53 Å². The van der Waals surface area contributed by atoms with Crippen molar-refractivity contribution < 1.29 is 28.3 Å². The van der Waals surface area contributed by atoms with Gasteiger partial charge < -0.3 is 29.8 Å². The summed E-state index contributed by atoms with van der Waals surface area (Å²) in [4.78, 5) is 24.3. The Morgan fingerprint density at radius 2 is 1.80 bits per heavy atom. The summed E-state index contributed by atoms with van der Waals surface area (Å²) in [5.41, 5.74) is 6.25. The van der Waals surface area contributed by atoms with E-state index in [0.717, 1.165) is 0 Å². The van der Waals surface area contributed by atoms with E-state index in [1.165, 1.54) is 21.1 Å². The van der Waals surface area contributed by atoms with Gasteiger partial charge in [-0.1, -0.05) is 5.16 Å². The van der Waals surface area contributed by atoms with Crippen LogP contribution in [0.2, 0.25) is 0 Å². The first-order chi connectivity index (χ1) is 11.8. The van der Waals surface area contributed by atoms with Crippen LogP contribution in [0, 0.1) is 6.92 Å². The van der Waals surface area contributed by atoms with Gasteiger partial charge in [-0.2, -0.15) is 0 Å². The van der Waals surface area contributed by atoms with Crippen molar-refractivity contribution in [3.63, 3.8) is 0 Å². The van der Waals surface area contributed by atoms with Crippen molar-refractivity contribution in [2.45, 2.75) is 20.0 Å². The fraction of sp³-hybridized carbons (Fsp3) is 0.312. The maximum atomic E-state index is 12.2. The van der Waals surface area contributed by atoms with E-state index in [1.54, 1.807) is 25.1 Å². The van der Waals surface area contributed by atoms with Gasteiger partial charge >= 0.3 is 5.97 Å². The summed E-state index contributed by atoms with van der Waals surface area (Å²) in [5, 5.41) is 6.19. The number of carbonyl (C=O) groups is 2. The molecule has 1 amide bonds. The summed E-state index contributed by atoms with van der Waals surface area (Å²) in [5.74, 6) is -0.467. The summed E-state index contributed by atoms with van der Waals surface area (Å²) >= 11 is 0. The Balaban J connectivity index is 2.07. The summed E-state index contributed by atoms with van der Waals surface area (Å²) in [7, 11) is 2.99. The van der Waals surface area contributed by atoms with Crippen molar-refractivity contribution in [1.29, 1.82) is 0 Å². The smallest absolute Gasteiger partial charge is 0.346 e. The molecule has 9 nitrogen and oxygen atoms in total. The number of nitrogen functional groups attached to an aromatic ring is 1. The number of aromatic nitrogens is 1. The lowest BCUT2D eigenvalue weighted by atomic mass is 10.2. The number of methoxy groups -OCH3 is 2. The molecule has 0 saturated heterocycles. The molecular weight excluding hydrogens is 330 g/mol. The van der Waals surface area contributed by atoms with E-state index in [-0.39, 0.29) is 17.1 Å². The van der Waals surface area contributed by atoms with Crippen LogP contribution < -0.4 is 20.5 Å². The first-order valence-electron chi connectivity index (χ1n) is 7.32. The molecule has 0 radical (unpaired) electrons. The molecule has 0 aliphatic heterocycles. The minimum atomic E-state index is -1.07. The third-order valence-corrected chi connectivity index (χ3v) is 3.37. The third kappa shape index (κ3) is 4.19. The van der Waals surface area contributed by atoms with E-state index >= 15 is 0 Å². The van der Waals surface area contributed by atoms with Gasteiger partial charge in [0, 0.05) is 23.9 Å². The van der Waals surface area contributed by atoms with Gasteiger partial charge in [0.15, 0.2) is 6.10 Å². The minimum absolute atomic E-state index is 0.00250. The number of benzene rings is 1. The van der Waals surface area contributed by atoms with Gasteiger partial charge in [-0.3, -0.25) is 4.79 Å². The lowest BCUT2D eigenvalue weighted by Crippen LogP contribution is -2.30. The van der Waals surface area contributed by atoms with E-state index < -0.39 is 18.0 Å². The van der Waals surface area contributed by atoms with E-state index in [1.807, 2.05) is 0 Å². The van der Waals surface area contributed by atoms with Crippen molar-refractivity contribution in [1.82, 2.24) is 5.16 Å². The van der Waals surface area contributed by atoms with Gasteiger partial charge in [-0.05, 0) is 13.8 Å². The average Bonchev–Trinajstić information content (AvgIpc) is 2.92. The quantitative estimate of drug-likeness (QED) is 0.756. The van der Waals surface area contributed by atoms with Crippen molar-refractivity contribution in [2.24, 2.45) is 0 Å². The first kappa shape index (κ1) is 18.1. The molecule has 1 aromatic carbocycles. The number of aryl methyl sites for hydroxylation is 1. The molecule has 25 heavy (non-hydrogen) atoms. The van der Waals surface area contributed by atoms with Gasteiger partial charge in [-0.15, -0.1) is 0 Å². The molecule has 2 rings (SSSR count). The number of ether oxygens (including phenoxy) is 3. The Morgan fingerprint density at radius 1 is 1.20 bits per heavy atom. The number of nitrogens with one attached hydrogen (secondary N) is 1. The first-order valence-corrected chi connectivity index (χ1v) is 7.32. The molecule has 2 aromatic rings. The molecule has 1 unspecified atom stereocenters. The molecule has 0 spiro atoms. The topological polar surface area (TPSA) is 126 Å². The Bertz CT molecular complexity index is 744. The van der Waals surface area contributed by atoms with Crippen LogP contribution in [0.4, 0.5) is 11.6 Å². The fourth-order valence-corrected chi connectivity index (χ4v) is 2.03. The van der Waals surface area contributed by atoms with Gasteiger partial charge in [-0.25, -0.2) is 4.79 Å². The lowest BCUT2D eigenvalue weighted by Gasteiger charge is -2.14. The van der Waals surface area contributed by atoms with E-state index in [9.17, 15) is 9.59 Å². The van der Waals surface area contributed by atoms with E-state index in [2.05, 4.69) is 10.5 Å². The number of amides is 1. The molecular formula is C16H19N3O6. The SMILES string of the molecule is COc1cc(NC(=O)C(C)OC(=O)c2c(C)noc2N)cc(OC)c1. The van der Waals surface area contributed by atoms with Gasteiger partial charge in [0.2, 0.25) is 5.88 Å². The molecule has 0 saturated carbocycles. The molecule has 1 heterocycles. The van der Waals surface area contributed by atoms with Crippen LogP contribution >= 0.6 is 0 Å². The standard InChI is InChI=1S/C16H19N3O6/c1-8-13(14(17)25-19-8)16(21)24-9(2)15(20)18-10-5-11(22-3)7-12(6-10)23-4/h5-7,9H,17H2,1-4H3,(H,18,20). The second-order valence-corrected chi connectivity index (χ2v) is 5.15. The molecule has 0 aliphatic carbocycles. The largest absolute Gasteiger partial charge is 0.497 e. The third-order valence-electron chi connectivity index (χ3n) is 3.37. The van der Waals surface area contributed by atoms with Crippen molar-refractivity contribution in [3.8, 4) is 11.5 Å². The number of nitrogens with two attached hydrogens (primary N) is 1. The molecule has 0 fully saturated rings. The zero-order chi connectivity index (χ0) is 18.6. The zero-order valence-electron chi connectivity index (χ0n) is 14.3. The van der Waals surface area contributed by atoms with Crippen LogP contribution in [0.1, 0.15) is 23.0 Å². The summed E-state index contributed by atoms with van der Waals surface area (Å²) in [6.07, 6.45) is -1.07. The number of hydrogen-bond acceptors (Lipinski definition) is 8. The molecule has 1 atom stereocenters. The number of esters is 1. The summed E-state index contributed by atoms with van der Waals surface area (Å²) in [6.45, 7) is 2.98. The monoisotopic (exact) mass is 349 g/mol. The van der Waals surface area contributed by atoms with Crippen LogP contribution in [0.5, 0.6) is 11.5 Å². The minimum Gasteiger partial charge on any atom is -0.497 e. The normalized spacial score (nSPS) is 11.5. The number of nitrogens with zero attached hydrogens (tertiary/aromatic N) is 1. The lowest BCUT2D eigenvalue weighted by molar-refractivity contribution is -0.123. The molecule has 1 aromatic heterocycles. The van der Waals surface area contributed by atoms with E-state index in [4.69, 9.17) is 24.5 Å². The van der Waals surface area contributed by atoms with E-state index in [0.29, 0.717) is 17.2 Å². The molecule has 0 aliphatic rings. The predicted molar refractivity (Wildman–Crippen MR) is 88.7 cm³/mol. The Labute approximate surface area is 144 Å².